The lowest BCUT2D eigenvalue weighted by molar-refractivity contribution is 0.477. The predicted molar refractivity (Wildman–Crippen MR) is 119 cm³/mol. The van der Waals surface area contributed by atoms with Crippen LogP contribution < -0.4 is 4.90 Å². The lowest BCUT2D eigenvalue weighted by Crippen LogP contribution is -2.09. The molecule has 0 saturated heterocycles. The molecule has 0 radical (unpaired) electrons. The highest BCUT2D eigenvalue weighted by molar-refractivity contribution is 5.93. The second kappa shape index (κ2) is 7.40. The normalized spacial score (nSPS) is 12.1. The molecular weight excluding hydrogens is 342 g/mol. The van der Waals surface area contributed by atoms with E-state index in [-0.39, 0.29) is 5.92 Å². The zero-order valence-electron chi connectivity index (χ0n) is 16.6. The lowest BCUT2D eigenvalue weighted by atomic mass is 9.82. The van der Waals surface area contributed by atoms with Gasteiger partial charge in [0.05, 0.1) is 0 Å². The molecule has 28 heavy (non-hydrogen) atoms. The van der Waals surface area contributed by atoms with Crippen LogP contribution in [0.25, 0.3) is 10.8 Å². The number of anilines is 1. The molecule has 2 heteroatoms. The number of phenolic OH excluding ortho intramolecular Hbond substituents is 1. The van der Waals surface area contributed by atoms with E-state index < -0.39 is 0 Å². The molecule has 140 valence electrons. The molecular formula is C26H25NO. The van der Waals surface area contributed by atoms with Gasteiger partial charge in [-0.2, -0.15) is 0 Å². The van der Waals surface area contributed by atoms with E-state index in [0.717, 1.165) is 16.3 Å². The highest BCUT2D eigenvalue weighted by Crippen LogP contribution is 2.40. The van der Waals surface area contributed by atoms with Crippen molar-refractivity contribution < 1.29 is 5.11 Å². The minimum Gasteiger partial charge on any atom is -0.507 e. The third kappa shape index (κ3) is 3.22. The van der Waals surface area contributed by atoms with Gasteiger partial charge in [0.1, 0.15) is 5.75 Å². The van der Waals surface area contributed by atoms with Crippen molar-refractivity contribution in [1.29, 1.82) is 0 Å². The number of phenols is 1. The third-order valence-corrected chi connectivity index (χ3v) is 5.43. The van der Waals surface area contributed by atoms with E-state index in [1.807, 2.05) is 25.1 Å². The molecule has 0 aliphatic carbocycles. The third-order valence-electron chi connectivity index (χ3n) is 5.43. The van der Waals surface area contributed by atoms with Gasteiger partial charge < -0.3 is 10.0 Å². The Morgan fingerprint density at radius 3 is 1.93 bits per heavy atom. The van der Waals surface area contributed by atoms with Crippen LogP contribution in [-0.2, 0) is 0 Å². The van der Waals surface area contributed by atoms with E-state index in [9.17, 15) is 5.11 Å². The summed E-state index contributed by atoms with van der Waals surface area (Å²) in [6.45, 7) is 1.97. The minimum atomic E-state index is 0.0987. The Balaban J connectivity index is 1.97. The summed E-state index contributed by atoms with van der Waals surface area (Å²) in [4.78, 5) is 2.11. The van der Waals surface area contributed by atoms with Crippen molar-refractivity contribution in [2.45, 2.75) is 12.8 Å². The summed E-state index contributed by atoms with van der Waals surface area (Å²) >= 11 is 0. The highest BCUT2D eigenvalue weighted by Gasteiger charge is 2.21. The molecule has 0 aliphatic rings. The van der Waals surface area contributed by atoms with Crippen molar-refractivity contribution in [2.75, 3.05) is 19.0 Å². The van der Waals surface area contributed by atoms with Crippen LogP contribution in [0.3, 0.4) is 0 Å². The van der Waals surface area contributed by atoms with Crippen LogP contribution in [-0.4, -0.2) is 19.2 Å². The topological polar surface area (TPSA) is 23.5 Å². The summed E-state index contributed by atoms with van der Waals surface area (Å²) < 4.78 is 0. The molecule has 2 nitrogen and oxygen atoms in total. The van der Waals surface area contributed by atoms with Crippen LogP contribution in [0, 0.1) is 6.92 Å². The number of hydrogen-bond donors (Lipinski definition) is 1. The molecule has 0 spiro atoms. The van der Waals surface area contributed by atoms with Crippen LogP contribution >= 0.6 is 0 Å². The highest BCUT2D eigenvalue weighted by atomic mass is 16.3. The summed E-state index contributed by atoms with van der Waals surface area (Å²) in [5, 5.41) is 12.6. The summed E-state index contributed by atoms with van der Waals surface area (Å²) in [7, 11) is 4.11. The van der Waals surface area contributed by atoms with E-state index in [1.54, 1.807) is 0 Å². The zero-order valence-corrected chi connectivity index (χ0v) is 16.6. The van der Waals surface area contributed by atoms with Gasteiger partial charge in [0.2, 0.25) is 0 Å². The first-order chi connectivity index (χ1) is 13.6. The van der Waals surface area contributed by atoms with E-state index in [2.05, 4.69) is 85.7 Å². The zero-order chi connectivity index (χ0) is 19.7. The number of fused-ring (bicyclic) bond motifs is 1. The average molecular weight is 367 g/mol. The first-order valence-corrected chi connectivity index (χ1v) is 9.59. The van der Waals surface area contributed by atoms with Crippen LogP contribution in [0.15, 0.2) is 84.9 Å². The number of aryl methyl sites for hydroxylation is 1. The Labute approximate surface area is 166 Å². The molecule has 0 saturated carbocycles. The van der Waals surface area contributed by atoms with Gasteiger partial charge >= 0.3 is 0 Å². The Hall–Kier alpha value is -3.26. The monoisotopic (exact) mass is 367 g/mol. The summed E-state index contributed by atoms with van der Waals surface area (Å²) in [5.74, 6) is 0.468. The average Bonchev–Trinajstić information content (AvgIpc) is 2.73. The fourth-order valence-electron chi connectivity index (χ4n) is 3.93. The molecule has 0 bridgehead atoms. The number of hydrogen-bond acceptors (Lipinski definition) is 2. The van der Waals surface area contributed by atoms with Crippen LogP contribution in [0.2, 0.25) is 0 Å². The Morgan fingerprint density at radius 2 is 1.29 bits per heavy atom. The molecule has 0 heterocycles. The molecule has 1 atom stereocenters. The van der Waals surface area contributed by atoms with Crippen LogP contribution in [0.4, 0.5) is 5.69 Å². The number of nitrogens with zero attached hydrogens (tertiary/aromatic N) is 1. The largest absolute Gasteiger partial charge is 0.507 e. The first-order valence-electron chi connectivity index (χ1n) is 9.59. The van der Waals surface area contributed by atoms with E-state index in [4.69, 9.17) is 0 Å². The van der Waals surface area contributed by atoms with Gasteiger partial charge in [-0.25, -0.2) is 0 Å². The van der Waals surface area contributed by atoms with E-state index >= 15 is 0 Å². The molecule has 4 rings (SSSR count). The molecule has 4 aromatic rings. The molecule has 0 aliphatic heterocycles. The Morgan fingerprint density at radius 1 is 0.714 bits per heavy atom. The maximum Gasteiger partial charge on any atom is 0.126 e. The molecule has 0 amide bonds. The number of benzene rings is 4. The molecule has 0 aromatic heterocycles. The van der Waals surface area contributed by atoms with Gasteiger partial charge in [0.25, 0.3) is 0 Å². The maximum absolute atomic E-state index is 10.6. The second-order valence-electron chi connectivity index (χ2n) is 7.51. The van der Waals surface area contributed by atoms with Crippen LogP contribution in [0.5, 0.6) is 5.75 Å². The van der Waals surface area contributed by atoms with Gasteiger partial charge in [-0.05, 0) is 46.7 Å². The first kappa shape index (κ1) is 18.1. The van der Waals surface area contributed by atoms with Gasteiger partial charge in [0, 0.05) is 31.1 Å². The quantitative estimate of drug-likeness (QED) is 0.441. The second-order valence-corrected chi connectivity index (χ2v) is 7.51. The molecule has 1 N–H and O–H groups in total. The maximum atomic E-state index is 10.6. The lowest BCUT2D eigenvalue weighted by Gasteiger charge is -2.23. The van der Waals surface area contributed by atoms with Crippen LogP contribution in [0.1, 0.15) is 28.2 Å². The van der Waals surface area contributed by atoms with Gasteiger partial charge in [-0.3, -0.25) is 0 Å². The van der Waals surface area contributed by atoms with Gasteiger partial charge in [0.15, 0.2) is 0 Å². The van der Waals surface area contributed by atoms with E-state index in [0.29, 0.717) is 5.75 Å². The van der Waals surface area contributed by atoms with Gasteiger partial charge in [-0.15, -0.1) is 0 Å². The fourth-order valence-corrected chi connectivity index (χ4v) is 3.93. The standard InChI is InChI=1S/C26H25NO/c1-18-17-24(22-11-7-8-12-23(22)26(18)28)25(19-9-5-4-6-10-19)20-13-15-21(16-14-20)27(2)3/h4-17,25,28H,1-3H3. The fraction of sp³-hybridized carbons (Fsp3) is 0.154. The minimum absolute atomic E-state index is 0.0987. The van der Waals surface area contributed by atoms with Crippen molar-refractivity contribution in [3.63, 3.8) is 0 Å². The number of aromatic hydroxyl groups is 1. The van der Waals surface area contributed by atoms with Crippen molar-refractivity contribution in [1.82, 2.24) is 0 Å². The smallest absolute Gasteiger partial charge is 0.126 e. The predicted octanol–water partition coefficient (Wildman–Crippen LogP) is 6.10. The summed E-state index contributed by atoms with van der Waals surface area (Å²) in [6.07, 6.45) is 0. The van der Waals surface area contributed by atoms with Crippen molar-refractivity contribution in [3.8, 4) is 5.75 Å². The number of rotatable bonds is 4. The Kier molecular flexibility index (Phi) is 4.79. The molecule has 1 unspecified atom stereocenters. The van der Waals surface area contributed by atoms with Gasteiger partial charge in [-0.1, -0.05) is 72.8 Å². The van der Waals surface area contributed by atoms with Crippen molar-refractivity contribution >= 4 is 16.5 Å². The molecule has 0 fully saturated rings. The summed E-state index contributed by atoms with van der Waals surface area (Å²) in [6, 6.07) is 29.6. The Bertz CT molecular complexity index is 1100. The van der Waals surface area contributed by atoms with Crippen molar-refractivity contribution in [3.05, 3.63) is 107 Å². The van der Waals surface area contributed by atoms with Crippen molar-refractivity contribution in [2.24, 2.45) is 0 Å². The van der Waals surface area contributed by atoms with E-state index in [1.165, 1.54) is 22.4 Å². The molecule has 4 aromatic carbocycles. The SMILES string of the molecule is Cc1cc(C(c2ccccc2)c2ccc(N(C)C)cc2)c2ccccc2c1O. The summed E-state index contributed by atoms with van der Waals surface area (Å²) in [5.41, 5.74) is 5.79.